The quantitative estimate of drug-likeness (QED) is 0.313. The number of rotatable bonds is 6. The number of carbonyl (C=O) groups is 2. The molecule has 7 nitrogen and oxygen atoms in total. The van der Waals surface area contributed by atoms with Crippen molar-refractivity contribution < 1.29 is 14.3 Å². The molecule has 0 spiro atoms. The van der Waals surface area contributed by atoms with Crippen LogP contribution in [-0.2, 0) is 4.79 Å². The minimum absolute atomic E-state index is 0.0457. The number of nitrogens with two attached hydrogens (primary N) is 2. The first-order valence-corrected chi connectivity index (χ1v) is 8.58. The Balaban J connectivity index is 2.02. The molecule has 2 aromatic rings. The highest BCUT2D eigenvalue weighted by Gasteiger charge is 2.16. The minimum Gasteiger partial charge on any atom is -0.423 e. The highest BCUT2D eigenvalue weighted by molar-refractivity contribution is 5.91. The lowest BCUT2D eigenvalue weighted by Crippen LogP contribution is -2.33. The molecule has 0 aromatic heterocycles. The molecule has 0 aliphatic rings. The number of nitrogens with zero attached hydrogens (tertiary/aromatic N) is 1. The molecule has 1 unspecified atom stereocenters. The summed E-state index contributed by atoms with van der Waals surface area (Å²) in [5.74, 6) is -0.490. The number of nitrogens with one attached hydrogen (secondary N) is 1. The summed E-state index contributed by atoms with van der Waals surface area (Å²) in [5, 5.41) is 2.88. The lowest BCUT2D eigenvalue weighted by Gasteiger charge is -2.15. The number of guanidine groups is 1. The van der Waals surface area contributed by atoms with Gasteiger partial charge in [0.15, 0.2) is 5.96 Å². The summed E-state index contributed by atoms with van der Waals surface area (Å²) in [6, 6.07) is 13.4. The molecule has 2 rings (SSSR count). The van der Waals surface area contributed by atoms with E-state index >= 15 is 0 Å². The van der Waals surface area contributed by atoms with Gasteiger partial charge in [0, 0.05) is 6.04 Å². The average molecular weight is 368 g/mol. The van der Waals surface area contributed by atoms with Gasteiger partial charge in [-0.15, -0.1) is 0 Å². The second-order valence-electron chi connectivity index (χ2n) is 6.43. The molecule has 5 N–H and O–H groups in total. The maximum absolute atomic E-state index is 12.2. The van der Waals surface area contributed by atoms with Crippen LogP contribution in [0.3, 0.4) is 0 Å². The molecule has 0 aliphatic heterocycles. The van der Waals surface area contributed by atoms with E-state index in [4.69, 9.17) is 16.2 Å². The van der Waals surface area contributed by atoms with Crippen molar-refractivity contribution in [3.05, 3.63) is 59.7 Å². The molecule has 1 amide bonds. The topological polar surface area (TPSA) is 120 Å². The number of hydrogen-bond acceptors (Lipinski definition) is 4. The molecule has 0 bridgehead atoms. The third kappa shape index (κ3) is 5.85. The van der Waals surface area contributed by atoms with E-state index in [1.165, 1.54) is 0 Å². The zero-order valence-corrected chi connectivity index (χ0v) is 15.6. The summed E-state index contributed by atoms with van der Waals surface area (Å²) in [4.78, 5) is 28.2. The first kappa shape index (κ1) is 20.0. The van der Waals surface area contributed by atoms with E-state index < -0.39 is 5.97 Å². The predicted molar refractivity (Wildman–Crippen MR) is 105 cm³/mol. The zero-order chi connectivity index (χ0) is 20.0. The third-order valence-electron chi connectivity index (χ3n) is 3.78. The number of benzene rings is 2. The van der Waals surface area contributed by atoms with Gasteiger partial charge in [-0.1, -0.05) is 12.1 Å². The Morgan fingerprint density at radius 1 is 0.963 bits per heavy atom. The van der Waals surface area contributed by atoms with E-state index in [1.54, 1.807) is 48.5 Å². The molecule has 0 saturated carbocycles. The van der Waals surface area contributed by atoms with Crippen molar-refractivity contribution in [2.75, 3.05) is 0 Å². The standard InChI is InChI=1S/C20H24N4O3/c1-12(2)23-18(25)13(3)14-6-10-17(11-7-14)27-19(26)15-4-8-16(9-5-15)24-20(21)22/h4-13H,1-3H3,(H,23,25)(H4,21,22,24). The van der Waals surface area contributed by atoms with Crippen LogP contribution in [0.1, 0.15) is 42.6 Å². The number of carbonyl (C=O) groups excluding carboxylic acids is 2. The highest BCUT2D eigenvalue weighted by atomic mass is 16.5. The second-order valence-corrected chi connectivity index (χ2v) is 6.43. The fourth-order valence-electron chi connectivity index (χ4n) is 2.37. The molecule has 142 valence electrons. The summed E-state index contributed by atoms with van der Waals surface area (Å²) in [6.45, 7) is 5.66. The Kier molecular flexibility index (Phi) is 6.54. The summed E-state index contributed by atoms with van der Waals surface area (Å²) < 4.78 is 5.36. The molecule has 1 atom stereocenters. The molecular weight excluding hydrogens is 344 g/mol. The van der Waals surface area contributed by atoms with Crippen molar-refractivity contribution in [3.63, 3.8) is 0 Å². The normalized spacial score (nSPS) is 11.6. The molecule has 2 aromatic carbocycles. The van der Waals surface area contributed by atoms with Gasteiger partial charge in [0.2, 0.25) is 5.91 Å². The van der Waals surface area contributed by atoms with Crippen LogP contribution in [-0.4, -0.2) is 23.9 Å². The number of aliphatic imine (C=N–C) groups is 1. The van der Waals surface area contributed by atoms with Crippen LogP contribution in [0.5, 0.6) is 5.75 Å². The van der Waals surface area contributed by atoms with Crippen molar-refractivity contribution in [3.8, 4) is 5.75 Å². The van der Waals surface area contributed by atoms with Crippen LogP contribution in [0.4, 0.5) is 5.69 Å². The fraction of sp³-hybridized carbons (Fsp3) is 0.250. The number of esters is 1. The van der Waals surface area contributed by atoms with Crippen molar-refractivity contribution in [1.82, 2.24) is 5.32 Å². The van der Waals surface area contributed by atoms with E-state index in [1.807, 2.05) is 20.8 Å². The van der Waals surface area contributed by atoms with E-state index in [-0.39, 0.29) is 23.8 Å². The van der Waals surface area contributed by atoms with Gasteiger partial charge in [0.25, 0.3) is 0 Å². The average Bonchev–Trinajstić information content (AvgIpc) is 2.61. The molecule has 7 heteroatoms. The van der Waals surface area contributed by atoms with Crippen LogP contribution in [0.15, 0.2) is 53.5 Å². The van der Waals surface area contributed by atoms with E-state index in [2.05, 4.69) is 10.3 Å². The molecule has 0 radical (unpaired) electrons. The van der Waals surface area contributed by atoms with Crippen LogP contribution in [0.25, 0.3) is 0 Å². The lowest BCUT2D eigenvalue weighted by molar-refractivity contribution is -0.122. The predicted octanol–water partition coefficient (Wildman–Crippen LogP) is 2.44. The van der Waals surface area contributed by atoms with Gasteiger partial charge in [-0.2, -0.15) is 0 Å². The molecule has 0 saturated heterocycles. The zero-order valence-electron chi connectivity index (χ0n) is 15.6. The molecule has 0 fully saturated rings. The third-order valence-corrected chi connectivity index (χ3v) is 3.78. The van der Waals surface area contributed by atoms with E-state index in [0.29, 0.717) is 17.0 Å². The van der Waals surface area contributed by atoms with Gasteiger partial charge in [-0.05, 0) is 62.7 Å². The van der Waals surface area contributed by atoms with E-state index in [0.717, 1.165) is 5.56 Å². The Bertz CT molecular complexity index is 823. The summed E-state index contributed by atoms with van der Waals surface area (Å²) in [5.41, 5.74) is 12.4. The van der Waals surface area contributed by atoms with Gasteiger partial charge >= 0.3 is 5.97 Å². The van der Waals surface area contributed by atoms with Crippen LogP contribution in [0.2, 0.25) is 0 Å². The first-order valence-electron chi connectivity index (χ1n) is 8.58. The van der Waals surface area contributed by atoms with Crippen molar-refractivity contribution in [1.29, 1.82) is 0 Å². The Morgan fingerprint density at radius 2 is 1.56 bits per heavy atom. The minimum atomic E-state index is -0.496. The summed E-state index contributed by atoms with van der Waals surface area (Å²) in [7, 11) is 0. The van der Waals surface area contributed by atoms with Gasteiger partial charge in [-0.3, -0.25) is 4.79 Å². The second kappa shape index (κ2) is 8.84. The van der Waals surface area contributed by atoms with Crippen LogP contribution < -0.4 is 21.5 Å². The lowest BCUT2D eigenvalue weighted by atomic mass is 10.00. The Labute approximate surface area is 158 Å². The Morgan fingerprint density at radius 3 is 2.07 bits per heavy atom. The number of amides is 1. The van der Waals surface area contributed by atoms with Crippen LogP contribution >= 0.6 is 0 Å². The maximum Gasteiger partial charge on any atom is 0.343 e. The SMILES string of the molecule is CC(C)NC(=O)C(C)c1ccc(OC(=O)c2ccc(N=C(N)N)cc2)cc1. The van der Waals surface area contributed by atoms with Gasteiger partial charge in [-0.25, -0.2) is 9.79 Å². The summed E-state index contributed by atoms with van der Waals surface area (Å²) in [6.07, 6.45) is 0. The fourth-order valence-corrected chi connectivity index (χ4v) is 2.37. The maximum atomic E-state index is 12.2. The van der Waals surface area contributed by atoms with Gasteiger partial charge < -0.3 is 21.5 Å². The van der Waals surface area contributed by atoms with Crippen molar-refractivity contribution in [2.45, 2.75) is 32.7 Å². The molecule has 0 heterocycles. The number of ether oxygens (including phenoxy) is 1. The molecule has 0 aliphatic carbocycles. The Hall–Kier alpha value is -3.35. The van der Waals surface area contributed by atoms with Crippen LogP contribution in [0, 0.1) is 0 Å². The highest BCUT2D eigenvalue weighted by Crippen LogP contribution is 2.21. The summed E-state index contributed by atoms with van der Waals surface area (Å²) >= 11 is 0. The molecule has 27 heavy (non-hydrogen) atoms. The van der Waals surface area contributed by atoms with Crippen molar-refractivity contribution >= 4 is 23.5 Å². The number of hydrogen-bond donors (Lipinski definition) is 3. The largest absolute Gasteiger partial charge is 0.423 e. The van der Waals surface area contributed by atoms with Crippen molar-refractivity contribution in [2.24, 2.45) is 16.5 Å². The molecular formula is C20H24N4O3. The van der Waals surface area contributed by atoms with E-state index in [9.17, 15) is 9.59 Å². The van der Waals surface area contributed by atoms with Gasteiger partial charge in [0.05, 0.1) is 17.2 Å². The van der Waals surface area contributed by atoms with Gasteiger partial charge in [0.1, 0.15) is 5.75 Å². The first-order chi connectivity index (χ1) is 12.8. The monoisotopic (exact) mass is 368 g/mol. The smallest absolute Gasteiger partial charge is 0.343 e.